The Kier molecular flexibility index (Phi) is 5.95. The zero-order chi connectivity index (χ0) is 23.9. The zero-order valence-electron chi connectivity index (χ0n) is 19.4. The Balaban J connectivity index is 1.26. The van der Waals surface area contributed by atoms with Crippen molar-refractivity contribution in [3.63, 3.8) is 0 Å². The van der Waals surface area contributed by atoms with Crippen molar-refractivity contribution in [3.8, 4) is 0 Å². The minimum absolute atomic E-state index is 0.213. The highest BCUT2D eigenvalue weighted by atomic mass is 16.3. The number of hydrogen-bond acceptors (Lipinski definition) is 6. The third kappa shape index (κ3) is 4.23. The van der Waals surface area contributed by atoms with E-state index in [4.69, 9.17) is 0 Å². The van der Waals surface area contributed by atoms with Gasteiger partial charge < -0.3 is 10.0 Å². The smallest absolute Gasteiger partial charge is 0.256 e. The highest BCUT2D eigenvalue weighted by Crippen LogP contribution is 2.35. The lowest BCUT2D eigenvalue weighted by Crippen LogP contribution is -2.52. The second-order valence-corrected chi connectivity index (χ2v) is 9.57. The second kappa shape index (κ2) is 8.92. The van der Waals surface area contributed by atoms with Crippen molar-refractivity contribution in [2.45, 2.75) is 63.8 Å². The molecule has 1 unspecified atom stereocenters. The van der Waals surface area contributed by atoms with Gasteiger partial charge in [0.05, 0.1) is 23.5 Å². The van der Waals surface area contributed by atoms with E-state index < -0.39 is 17.6 Å². The summed E-state index contributed by atoms with van der Waals surface area (Å²) in [5.41, 5.74) is 3.20. The van der Waals surface area contributed by atoms with Crippen LogP contribution in [0.3, 0.4) is 0 Å². The Morgan fingerprint density at radius 3 is 2.62 bits per heavy atom. The van der Waals surface area contributed by atoms with E-state index in [0.29, 0.717) is 36.2 Å². The number of carbonyl (C=O) groups is 3. The molecule has 0 saturated carbocycles. The summed E-state index contributed by atoms with van der Waals surface area (Å²) in [6.45, 7) is 4.74. The van der Waals surface area contributed by atoms with E-state index in [0.717, 1.165) is 26.1 Å². The van der Waals surface area contributed by atoms with Gasteiger partial charge in [-0.25, -0.2) is 0 Å². The van der Waals surface area contributed by atoms with Gasteiger partial charge in [-0.3, -0.25) is 29.6 Å². The molecule has 3 aliphatic heterocycles. The number of likely N-dealkylation sites (tertiary alicyclic amines) is 1. The molecule has 0 spiro atoms. The first-order valence-electron chi connectivity index (χ1n) is 12.0. The van der Waals surface area contributed by atoms with E-state index >= 15 is 0 Å². The average Bonchev–Trinajstić information content (AvgIpc) is 3.16. The van der Waals surface area contributed by atoms with Gasteiger partial charge >= 0.3 is 0 Å². The number of amides is 3. The first kappa shape index (κ1) is 22.7. The number of piperidine rings is 2. The van der Waals surface area contributed by atoms with Gasteiger partial charge in [-0.05, 0) is 48.9 Å². The van der Waals surface area contributed by atoms with E-state index in [2.05, 4.69) is 46.4 Å². The van der Waals surface area contributed by atoms with Crippen molar-refractivity contribution in [3.05, 3.63) is 64.5 Å². The predicted octanol–water partition coefficient (Wildman–Crippen LogP) is 1.89. The van der Waals surface area contributed by atoms with E-state index in [1.807, 2.05) is 0 Å². The molecule has 2 aromatic rings. The highest BCUT2D eigenvalue weighted by Gasteiger charge is 2.41. The molecule has 8 nitrogen and oxygen atoms in total. The van der Waals surface area contributed by atoms with E-state index in [9.17, 15) is 19.5 Å². The molecule has 4 heterocycles. The third-order valence-corrected chi connectivity index (χ3v) is 7.34. The van der Waals surface area contributed by atoms with E-state index in [1.165, 1.54) is 16.0 Å². The fraction of sp³-hybridized carbons (Fsp3) is 0.462. The number of carbonyl (C=O) groups excluding carboxylic acids is 3. The Labute approximate surface area is 199 Å². The lowest BCUT2D eigenvalue weighted by Gasteiger charge is -2.38. The molecule has 1 aromatic heterocycles. The largest absolute Gasteiger partial charge is 0.383 e. The molecular weight excluding hydrogens is 432 g/mol. The first-order valence-corrected chi connectivity index (χ1v) is 12.0. The van der Waals surface area contributed by atoms with Gasteiger partial charge in [-0.1, -0.05) is 31.2 Å². The molecule has 5 rings (SSSR count). The molecule has 34 heavy (non-hydrogen) atoms. The summed E-state index contributed by atoms with van der Waals surface area (Å²) < 4.78 is 0. The van der Waals surface area contributed by atoms with Crippen LogP contribution in [-0.4, -0.2) is 56.7 Å². The monoisotopic (exact) mass is 462 g/mol. The maximum absolute atomic E-state index is 12.9. The van der Waals surface area contributed by atoms with Crippen LogP contribution < -0.4 is 5.32 Å². The second-order valence-electron chi connectivity index (χ2n) is 9.57. The lowest BCUT2D eigenvalue weighted by atomic mass is 9.87. The van der Waals surface area contributed by atoms with Crippen molar-refractivity contribution in [2.24, 2.45) is 0 Å². The number of aromatic nitrogens is 1. The number of aryl methyl sites for hydroxylation is 1. The van der Waals surface area contributed by atoms with Gasteiger partial charge in [-0.2, -0.15) is 0 Å². The van der Waals surface area contributed by atoms with Crippen LogP contribution in [0.15, 0.2) is 36.4 Å². The number of nitrogens with one attached hydrogen (secondary N) is 1. The van der Waals surface area contributed by atoms with Gasteiger partial charge in [0.15, 0.2) is 0 Å². The van der Waals surface area contributed by atoms with Crippen molar-refractivity contribution in [2.75, 3.05) is 13.1 Å². The number of imide groups is 1. The normalized spacial score (nSPS) is 22.6. The molecule has 2 fully saturated rings. The lowest BCUT2D eigenvalue weighted by molar-refractivity contribution is -0.136. The summed E-state index contributed by atoms with van der Waals surface area (Å²) in [7, 11) is 0. The molecule has 178 valence electrons. The molecule has 2 saturated heterocycles. The summed E-state index contributed by atoms with van der Waals surface area (Å²) in [5.74, 6) is -0.995. The number of pyridine rings is 1. The number of hydrogen-bond donors (Lipinski definition) is 2. The van der Waals surface area contributed by atoms with E-state index in [-0.39, 0.29) is 24.8 Å². The average molecular weight is 463 g/mol. The molecule has 1 atom stereocenters. The summed E-state index contributed by atoms with van der Waals surface area (Å²) in [6, 6.07) is 11.4. The van der Waals surface area contributed by atoms with Crippen LogP contribution in [0.5, 0.6) is 0 Å². The summed E-state index contributed by atoms with van der Waals surface area (Å²) >= 11 is 0. The van der Waals surface area contributed by atoms with Crippen molar-refractivity contribution >= 4 is 17.7 Å². The summed E-state index contributed by atoms with van der Waals surface area (Å²) in [6.07, 6.45) is 2.68. The van der Waals surface area contributed by atoms with Crippen molar-refractivity contribution < 1.29 is 19.5 Å². The molecule has 3 amide bonds. The Morgan fingerprint density at radius 2 is 1.88 bits per heavy atom. The molecule has 2 N–H and O–H groups in total. The number of aliphatic hydroxyl groups is 1. The van der Waals surface area contributed by atoms with Crippen LogP contribution >= 0.6 is 0 Å². The van der Waals surface area contributed by atoms with Crippen molar-refractivity contribution in [1.82, 2.24) is 20.1 Å². The Morgan fingerprint density at radius 1 is 1.12 bits per heavy atom. The fourth-order valence-electron chi connectivity index (χ4n) is 5.24. The minimum atomic E-state index is -1.04. The molecule has 0 bridgehead atoms. The molecule has 0 radical (unpaired) electrons. The zero-order valence-corrected chi connectivity index (χ0v) is 19.4. The van der Waals surface area contributed by atoms with Gasteiger partial charge in [0.2, 0.25) is 11.8 Å². The minimum Gasteiger partial charge on any atom is -0.383 e. The van der Waals surface area contributed by atoms with Gasteiger partial charge in [0, 0.05) is 26.1 Å². The molecule has 1 aromatic carbocycles. The predicted molar refractivity (Wildman–Crippen MR) is 125 cm³/mol. The number of benzene rings is 1. The Hall–Kier alpha value is -3.10. The highest BCUT2D eigenvalue weighted by molar-refractivity contribution is 6.05. The first-order chi connectivity index (χ1) is 16.4. The molecule has 0 aliphatic carbocycles. The van der Waals surface area contributed by atoms with Crippen LogP contribution in [0.2, 0.25) is 0 Å². The summed E-state index contributed by atoms with van der Waals surface area (Å²) in [5, 5.41) is 13.7. The standard InChI is InChI=1S/C26H30N4O4/c1-2-17-4-3-5-18(14-17)15-29-12-10-26(34,11-13-29)22-8-6-19-20(27-22)16-30(25(19)33)21-7-9-23(31)28-24(21)32/h3-6,8,14,21,34H,2,7,9-13,15-16H2,1H3,(H,28,31,32). The van der Waals surface area contributed by atoms with Crippen LogP contribution in [0.4, 0.5) is 0 Å². The SMILES string of the molecule is CCc1cccc(CN2CCC(O)(c3ccc4c(n3)CN(C3CCC(=O)NC3=O)C4=O)CC2)c1. The maximum Gasteiger partial charge on any atom is 0.256 e. The third-order valence-electron chi connectivity index (χ3n) is 7.34. The summed E-state index contributed by atoms with van der Waals surface area (Å²) in [4.78, 5) is 45.2. The number of rotatable bonds is 5. The molecule has 8 heteroatoms. The fourth-order valence-corrected chi connectivity index (χ4v) is 5.24. The maximum atomic E-state index is 12.9. The number of fused-ring (bicyclic) bond motifs is 1. The molecular formula is C26H30N4O4. The van der Waals surface area contributed by atoms with Crippen LogP contribution in [-0.2, 0) is 34.7 Å². The van der Waals surface area contributed by atoms with Crippen molar-refractivity contribution in [1.29, 1.82) is 0 Å². The van der Waals surface area contributed by atoms with Gasteiger partial charge in [0.1, 0.15) is 11.6 Å². The van der Waals surface area contributed by atoms with Gasteiger partial charge in [0.25, 0.3) is 5.91 Å². The van der Waals surface area contributed by atoms with Crippen LogP contribution in [0.1, 0.15) is 65.5 Å². The van der Waals surface area contributed by atoms with Gasteiger partial charge in [-0.15, -0.1) is 0 Å². The topological polar surface area (TPSA) is 103 Å². The molecule has 3 aliphatic rings. The van der Waals surface area contributed by atoms with Crippen LogP contribution in [0, 0.1) is 0 Å². The quantitative estimate of drug-likeness (QED) is 0.658. The van der Waals surface area contributed by atoms with E-state index in [1.54, 1.807) is 12.1 Å². The number of nitrogens with zero attached hydrogens (tertiary/aromatic N) is 3. The van der Waals surface area contributed by atoms with Crippen LogP contribution in [0.25, 0.3) is 0 Å². The Bertz CT molecular complexity index is 1140.